The minimum atomic E-state index is 0.806. The molecule has 3 rings (SSSR count). The molecule has 1 aromatic carbocycles. The number of H-pyrrole nitrogens is 1. The van der Waals surface area contributed by atoms with E-state index in [1.165, 1.54) is 37.0 Å². The van der Waals surface area contributed by atoms with Gasteiger partial charge in [-0.2, -0.15) is 0 Å². The molecule has 0 aliphatic carbocycles. The number of rotatable bonds is 3. The molecule has 0 spiro atoms. The van der Waals surface area contributed by atoms with Crippen LogP contribution in [0.15, 0.2) is 18.2 Å². The molecule has 3 nitrogen and oxygen atoms in total. The molecule has 0 bridgehead atoms. The molecule has 1 unspecified atom stereocenters. The van der Waals surface area contributed by atoms with Crippen LogP contribution in [-0.4, -0.2) is 23.1 Å². The Morgan fingerprint density at radius 2 is 2.35 bits per heavy atom. The van der Waals surface area contributed by atoms with E-state index in [9.17, 15) is 0 Å². The zero-order valence-corrected chi connectivity index (χ0v) is 10.3. The van der Waals surface area contributed by atoms with Gasteiger partial charge < -0.3 is 10.3 Å². The van der Waals surface area contributed by atoms with Crippen molar-refractivity contribution in [3.05, 3.63) is 29.6 Å². The SMILES string of the molecule is CCc1nc2ccc(CC3CCNC3)cc2[nH]1. The lowest BCUT2D eigenvalue weighted by atomic mass is 9.98. The number of aryl methyl sites for hydroxylation is 1. The van der Waals surface area contributed by atoms with Gasteiger partial charge in [-0.25, -0.2) is 4.98 Å². The Bertz CT molecular complexity index is 509. The molecule has 0 saturated carbocycles. The van der Waals surface area contributed by atoms with Crippen molar-refractivity contribution < 1.29 is 0 Å². The van der Waals surface area contributed by atoms with E-state index in [1.807, 2.05) is 0 Å². The second kappa shape index (κ2) is 4.49. The maximum Gasteiger partial charge on any atom is 0.106 e. The molecule has 2 heterocycles. The summed E-state index contributed by atoms with van der Waals surface area (Å²) in [5.74, 6) is 1.89. The van der Waals surface area contributed by atoms with Crippen LogP contribution in [0.25, 0.3) is 11.0 Å². The smallest absolute Gasteiger partial charge is 0.106 e. The summed E-state index contributed by atoms with van der Waals surface area (Å²) in [6.07, 6.45) is 3.46. The molecule has 3 heteroatoms. The molecular weight excluding hydrogens is 210 g/mol. The summed E-state index contributed by atoms with van der Waals surface area (Å²) < 4.78 is 0. The maximum atomic E-state index is 4.54. The molecule has 2 N–H and O–H groups in total. The number of nitrogens with one attached hydrogen (secondary N) is 2. The number of imidazole rings is 1. The zero-order valence-electron chi connectivity index (χ0n) is 10.3. The first-order valence-corrected chi connectivity index (χ1v) is 6.53. The van der Waals surface area contributed by atoms with Crippen molar-refractivity contribution in [2.45, 2.75) is 26.2 Å². The van der Waals surface area contributed by atoms with Gasteiger partial charge in [-0.1, -0.05) is 13.0 Å². The molecule has 2 aromatic rings. The molecule has 1 fully saturated rings. The Balaban J connectivity index is 1.84. The van der Waals surface area contributed by atoms with E-state index in [0.29, 0.717) is 0 Å². The van der Waals surface area contributed by atoms with Crippen LogP contribution in [0, 0.1) is 5.92 Å². The predicted octanol–water partition coefficient (Wildman–Crippen LogP) is 2.28. The molecule has 17 heavy (non-hydrogen) atoms. The van der Waals surface area contributed by atoms with E-state index in [1.54, 1.807) is 0 Å². The van der Waals surface area contributed by atoms with Crippen molar-refractivity contribution in [2.75, 3.05) is 13.1 Å². The Labute approximate surface area is 102 Å². The van der Waals surface area contributed by atoms with Gasteiger partial charge in [-0.15, -0.1) is 0 Å². The number of hydrogen-bond acceptors (Lipinski definition) is 2. The van der Waals surface area contributed by atoms with Gasteiger partial charge in [-0.3, -0.25) is 0 Å². The van der Waals surface area contributed by atoms with Crippen LogP contribution < -0.4 is 5.32 Å². The number of benzene rings is 1. The topological polar surface area (TPSA) is 40.7 Å². The van der Waals surface area contributed by atoms with Crippen LogP contribution in [-0.2, 0) is 12.8 Å². The number of aromatic amines is 1. The van der Waals surface area contributed by atoms with Gasteiger partial charge in [0.1, 0.15) is 5.82 Å². The van der Waals surface area contributed by atoms with E-state index < -0.39 is 0 Å². The van der Waals surface area contributed by atoms with E-state index in [2.05, 4.69) is 40.4 Å². The minimum Gasteiger partial charge on any atom is -0.342 e. The fourth-order valence-electron chi connectivity index (χ4n) is 2.63. The number of fused-ring (bicyclic) bond motifs is 1. The first kappa shape index (κ1) is 10.8. The third kappa shape index (κ3) is 2.20. The summed E-state index contributed by atoms with van der Waals surface area (Å²) in [5, 5.41) is 3.42. The van der Waals surface area contributed by atoms with Gasteiger partial charge in [0, 0.05) is 6.42 Å². The first-order chi connectivity index (χ1) is 8.35. The van der Waals surface area contributed by atoms with Crippen LogP contribution in [0.1, 0.15) is 24.7 Å². The highest BCUT2D eigenvalue weighted by atomic mass is 14.9. The van der Waals surface area contributed by atoms with E-state index in [4.69, 9.17) is 0 Å². The normalized spacial score (nSPS) is 20.2. The van der Waals surface area contributed by atoms with E-state index >= 15 is 0 Å². The lowest BCUT2D eigenvalue weighted by molar-refractivity contribution is 0.580. The Hall–Kier alpha value is -1.35. The summed E-state index contributed by atoms with van der Waals surface area (Å²) in [7, 11) is 0. The highest BCUT2D eigenvalue weighted by molar-refractivity contribution is 5.75. The standard InChI is InChI=1S/C14H19N3/c1-2-14-16-12-4-3-10(8-13(12)17-14)7-11-5-6-15-9-11/h3-4,8,11,15H,2,5-7,9H2,1H3,(H,16,17). The second-order valence-electron chi connectivity index (χ2n) is 4.95. The first-order valence-electron chi connectivity index (χ1n) is 6.53. The van der Waals surface area contributed by atoms with Crippen molar-refractivity contribution in [1.29, 1.82) is 0 Å². The van der Waals surface area contributed by atoms with Gasteiger partial charge in [0.05, 0.1) is 11.0 Å². The van der Waals surface area contributed by atoms with Gasteiger partial charge in [-0.05, 0) is 49.5 Å². The Kier molecular flexibility index (Phi) is 2.85. The van der Waals surface area contributed by atoms with Crippen molar-refractivity contribution in [3.63, 3.8) is 0 Å². The highest BCUT2D eigenvalue weighted by Crippen LogP contribution is 2.19. The third-order valence-corrected chi connectivity index (χ3v) is 3.62. The van der Waals surface area contributed by atoms with Crippen LogP contribution in [0.3, 0.4) is 0 Å². The van der Waals surface area contributed by atoms with Gasteiger partial charge in [0.15, 0.2) is 0 Å². The van der Waals surface area contributed by atoms with Crippen LogP contribution in [0.4, 0.5) is 0 Å². The molecule has 90 valence electrons. The summed E-state index contributed by atoms with van der Waals surface area (Å²) in [5.41, 5.74) is 3.71. The predicted molar refractivity (Wildman–Crippen MR) is 70.2 cm³/mol. The van der Waals surface area contributed by atoms with E-state index in [0.717, 1.165) is 23.7 Å². The van der Waals surface area contributed by atoms with Gasteiger partial charge in [0.2, 0.25) is 0 Å². The molecule has 0 amide bonds. The lowest BCUT2D eigenvalue weighted by Crippen LogP contribution is -2.10. The second-order valence-corrected chi connectivity index (χ2v) is 4.95. The van der Waals surface area contributed by atoms with Crippen LogP contribution >= 0.6 is 0 Å². The van der Waals surface area contributed by atoms with Gasteiger partial charge in [0.25, 0.3) is 0 Å². The van der Waals surface area contributed by atoms with Crippen molar-refractivity contribution >= 4 is 11.0 Å². The average molecular weight is 229 g/mol. The fourth-order valence-corrected chi connectivity index (χ4v) is 2.63. The van der Waals surface area contributed by atoms with Gasteiger partial charge >= 0.3 is 0 Å². The van der Waals surface area contributed by atoms with Crippen molar-refractivity contribution in [1.82, 2.24) is 15.3 Å². The quantitative estimate of drug-likeness (QED) is 0.847. The summed E-state index contributed by atoms with van der Waals surface area (Å²) >= 11 is 0. The molecular formula is C14H19N3. The molecule has 1 aliphatic rings. The number of aromatic nitrogens is 2. The number of nitrogens with zero attached hydrogens (tertiary/aromatic N) is 1. The molecule has 1 aliphatic heterocycles. The molecule has 1 saturated heterocycles. The fraction of sp³-hybridized carbons (Fsp3) is 0.500. The Morgan fingerprint density at radius 3 is 3.12 bits per heavy atom. The molecule has 1 aromatic heterocycles. The number of hydrogen-bond donors (Lipinski definition) is 2. The third-order valence-electron chi connectivity index (χ3n) is 3.62. The Morgan fingerprint density at radius 1 is 1.41 bits per heavy atom. The monoisotopic (exact) mass is 229 g/mol. The molecule has 0 radical (unpaired) electrons. The average Bonchev–Trinajstić information content (AvgIpc) is 2.96. The summed E-state index contributed by atoms with van der Waals surface area (Å²) in [4.78, 5) is 7.92. The van der Waals surface area contributed by atoms with Crippen molar-refractivity contribution in [2.24, 2.45) is 5.92 Å². The lowest BCUT2D eigenvalue weighted by Gasteiger charge is -2.07. The summed E-state index contributed by atoms with van der Waals surface area (Å²) in [6.45, 7) is 4.47. The summed E-state index contributed by atoms with van der Waals surface area (Å²) in [6, 6.07) is 6.63. The largest absolute Gasteiger partial charge is 0.342 e. The highest BCUT2D eigenvalue weighted by Gasteiger charge is 2.15. The molecule has 1 atom stereocenters. The van der Waals surface area contributed by atoms with E-state index in [-0.39, 0.29) is 0 Å². The maximum absolute atomic E-state index is 4.54. The van der Waals surface area contributed by atoms with Crippen LogP contribution in [0.2, 0.25) is 0 Å². The minimum absolute atomic E-state index is 0.806. The van der Waals surface area contributed by atoms with Crippen molar-refractivity contribution in [3.8, 4) is 0 Å². The zero-order chi connectivity index (χ0) is 11.7. The van der Waals surface area contributed by atoms with Crippen LogP contribution in [0.5, 0.6) is 0 Å².